The number of thiophene rings is 6. The normalized spacial score (nSPS) is 11.6. The molecular weight excluding hydrogens is 673 g/mol. The molecule has 6 heteroatoms. The molecule has 0 amide bonds. The van der Waals surface area contributed by atoms with Crippen molar-refractivity contribution >= 4 is 68.0 Å². The van der Waals surface area contributed by atoms with E-state index in [0.29, 0.717) is 0 Å². The number of aryl methyl sites for hydroxylation is 2. The third kappa shape index (κ3) is 9.21. The Morgan fingerprint density at radius 1 is 0.283 bits per heavy atom. The van der Waals surface area contributed by atoms with Gasteiger partial charge in [0, 0.05) is 58.5 Å². The highest BCUT2D eigenvalue weighted by Crippen LogP contribution is 2.46. The summed E-state index contributed by atoms with van der Waals surface area (Å²) in [5.74, 6) is 0. The van der Waals surface area contributed by atoms with Gasteiger partial charge in [-0.15, -0.1) is 68.0 Å². The van der Waals surface area contributed by atoms with E-state index in [9.17, 15) is 0 Å². The van der Waals surface area contributed by atoms with Crippen molar-refractivity contribution in [3.63, 3.8) is 0 Å². The first-order valence-electron chi connectivity index (χ1n) is 17.3. The molecule has 0 aliphatic heterocycles. The lowest BCUT2D eigenvalue weighted by atomic mass is 10.1. The predicted octanol–water partition coefficient (Wildman–Crippen LogP) is 16.2. The van der Waals surface area contributed by atoms with E-state index < -0.39 is 0 Å². The molecule has 6 aromatic rings. The predicted molar refractivity (Wildman–Crippen MR) is 215 cm³/mol. The Morgan fingerprint density at radius 2 is 0.522 bits per heavy atom. The van der Waals surface area contributed by atoms with E-state index in [1.165, 1.54) is 148 Å². The number of rotatable bonds is 19. The Kier molecular flexibility index (Phi) is 13.0. The molecule has 0 unspecified atom stereocenters. The highest BCUT2D eigenvalue weighted by atomic mass is 32.1. The van der Waals surface area contributed by atoms with Crippen molar-refractivity contribution in [3.8, 4) is 48.8 Å². The third-order valence-corrected chi connectivity index (χ3v) is 16.1. The van der Waals surface area contributed by atoms with Gasteiger partial charge in [0.2, 0.25) is 0 Å². The second-order valence-corrected chi connectivity index (χ2v) is 18.9. The van der Waals surface area contributed by atoms with Crippen molar-refractivity contribution in [2.75, 3.05) is 0 Å². The first-order valence-corrected chi connectivity index (χ1v) is 22.2. The second-order valence-electron chi connectivity index (χ2n) is 12.2. The molecule has 0 aliphatic rings. The van der Waals surface area contributed by atoms with Gasteiger partial charge in [0.15, 0.2) is 0 Å². The minimum absolute atomic E-state index is 1.23. The summed E-state index contributed by atoms with van der Waals surface area (Å²) in [6.45, 7) is 4.58. The fourth-order valence-electron chi connectivity index (χ4n) is 5.86. The average Bonchev–Trinajstić information content (AvgIpc) is 3.91. The van der Waals surface area contributed by atoms with Gasteiger partial charge in [-0.2, -0.15) is 0 Å². The number of unbranched alkanes of at least 4 members (excludes halogenated alkanes) is 10. The summed E-state index contributed by atoms with van der Waals surface area (Å²) >= 11 is 11.7. The van der Waals surface area contributed by atoms with Crippen LogP contribution in [0.2, 0.25) is 0 Å². The lowest BCUT2D eigenvalue weighted by Crippen LogP contribution is -1.82. The van der Waals surface area contributed by atoms with Gasteiger partial charge in [0.1, 0.15) is 0 Å². The summed E-state index contributed by atoms with van der Waals surface area (Å²) in [6, 6.07) is 27.9. The van der Waals surface area contributed by atoms with E-state index in [4.69, 9.17) is 0 Å². The van der Waals surface area contributed by atoms with Crippen LogP contribution in [0.25, 0.3) is 48.8 Å². The third-order valence-electron chi connectivity index (χ3n) is 8.52. The van der Waals surface area contributed by atoms with Crippen molar-refractivity contribution in [1.29, 1.82) is 0 Å². The summed E-state index contributed by atoms with van der Waals surface area (Å²) in [7, 11) is 0. The summed E-state index contributed by atoms with van der Waals surface area (Å²) in [5, 5.41) is 0. The summed E-state index contributed by atoms with van der Waals surface area (Å²) in [6.07, 6.45) is 18.8. The van der Waals surface area contributed by atoms with Crippen LogP contribution in [0.3, 0.4) is 0 Å². The molecule has 6 aromatic heterocycles. The second kappa shape index (κ2) is 17.6. The van der Waals surface area contributed by atoms with Crippen LogP contribution in [0.5, 0.6) is 0 Å². The van der Waals surface area contributed by atoms with Gasteiger partial charge >= 0.3 is 0 Å². The van der Waals surface area contributed by atoms with E-state index in [1.807, 2.05) is 68.0 Å². The van der Waals surface area contributed by atoms with E-state index in [2.05, 4.69) is 86.6 Å². The van der Waals surface area contributed by atoms with Gasteiger partial charge in [-0.25, -0.2) is 0 Å². The maximum Gasteiger partial charge on any atom is 0.0449 e. The van der Waals surface area contributed by atoms with Gasteiger partial charge in [0.25, 0.3) is 0 Å². The Hall–Kier alpha value is -1.80. The van der Waals surface area contributed by atoms with Gasteiger partial charge < -0.3 is 0 Å². The average molecular weight is 719 g/mol. The van der Waals surface area contributed by atoms with Crippen molar-refractivity contribution in [2.24, 2.45) is 0 Å². The minimum Gasteiger partial charge on any atom is -0.139 e. The van der Waals surface area contributed by atoms with Gasteiger partial charge in [0.05, 0.1) is 0 Å². The zero-order valence-electron chi connectivity index (χ0n) is 27.3. The minimum atomic E-state index is 1.23. The molecule has 0 aliphatic carbocycles. The number of hydrogen-bond acceptors (Lipinski definition) is 6. The van der Waals surface area contributed by atoms with Gasteiger partial charge in [-0.05, 0) is 98.5 Å². The zero-order chi connectivity index (χ0) is 31.6. The first-order chi connectivity index (χ1) is 22.7. The van der Waals surface area contributed by atoms with E-state index in [1.54, 1.807) is 0 Å². The molecule has 0 fully saturated rings. The van der Waals surface area contributed by atoms with Crippen molar-refractivity contribution in [2.45, 2.75) is 104 Å². The standard InChI is InChI=1S/C40H46S6/c1-3-5-7-9-11-13-15-29-17-19-31(41-29)33-21-23-35(43-33)37-25-27-39(45-37)40-28-26-38(46-40)36-24-22-34(44-36)32-20-18-30(42-32)16-14-12-10-8-6-4-2/h17-28H,3-16H2,1-2H3. The van der Waals surface area contributed by atoms with Crippen LogP contribution in [0.15, 0.2) is 72.8 Å². The van der Waals surface area contributed by atoms with Crippen LogP contribution in [0, 0.1) is 0 Å². The molecule has 0 atom stereocenters. The van der Waals surface area contributed by atoms with E-state index in [0.717, 1.165) is 0 Å². The van der Waals surface area contributed by atoms with Gasteiger partial charge in [-0.3, -0.25) is 0 Å². The smallest absolute Gasteiger partial charge is 0.0449 e. The molecule has 0 radical (unpaired) electrons. The fraction of sp³-hybridized carbons (Fsp3) is 0.400. The van der Waals surface area contributed by atoms with Crippen LogP contribution < -0.4 is 0 Å². The first kappa shape index (κ1) is 34.1. The van der Waals surface area contributed by atoms with E-state index in [-0.39, 0.29) is 0 Å². The van der Waals surface area contributed by atoms with Crippen LogP contribution in [-0.4, -0.2) is 0 Å². The van der Waals surface area contributed by atoms with Crippen molar-refractivity contribution in [1.82, 2.24) is 0 Å². The van der Waals surface area contributed by atoms with Gasteiger partial charge in [-0.1, -0.05) is 78.1 Å². The molecule has 0 bridgehead atoms. The quantitative estimate of drug-likeness (QED) is 0.0732. The van der Waals surface area contributed by atoms with Crippen molar-refractivity contribution < 1.29 is 0 Å². The number of hydrogen-bond donors (Lipinski definition) is 0. The monoisotopic (exact) mass is 718 g/mol. The largest absolute Gasteiger partial charge is 0.139 e. The molecule has 242 valence electrons. The lowest BCUT2D eigenvalue weighted by Gasteiger charge is -1.99. The Balaban J connectivity index is 1.03. The summed E-state index contributed by atoms with van der Waals surface area (Å²) < 4.78 is 0. The summed E-state index contributed by atoms with van der Waals surface area (Å²) in [5.41, 5.74) is 0. The Bertz CT molecular complexity index is 1620. The molecule has 6 heterocycles. The SMILES string of the molecule is CCCCCCCCc1ccc(-c2ccc(-c3ccc(-c4ccc(-c5ccc(-c6ccc(CCCCCCCC)s6)s5)s4)s3)s2)s1. The van der Waals surface area contributed by atoms with Crippen LogP contribution in [0.1, 0.15) is 101 Å². The molecule has 6 rings (SSSR count). The van der Waals surface area contributed by atoms with Crippen LogP contribution in [0.4, 0.5) is 0 Å². The molecule has 0 saturated heterocycles. The highest BCUT2D eigenvalue weighted by molar-refractivity contribution is 7.30. The Morgan fingerprint density at radius 3 is 0.826 bits per heavy atom. The Labute approximate surface area is 300 Å². The molecule has 0 saturated carbocycles. The maximum atomic E-state index is 2.36. The van der Waals surface area contributed by atoms with Crippen LogP contribution in [-0.2, 0) is 12.8 Å². The molecular formula is C40H46S6. The highest BCUT2D eigenvalue weighted by Gasteiger charge is 2.14. The molecule has 0 N–H and O–H groups in total. The van der Waals surface area contributed by atoms with E-state index >= 15 is 0 Å². The lowest BCUT2D eigenvalue weighted by molar-refractivity contribution is 0.609. The maximum absolute atomic E-state index is 2.36. The fourth-order valence-corrected chi connectivity index (χ4v) is 12.4. The molecule has 46 heavy (non-hydrogen) atoms. The molecule has 0 aromatic carbocycles. The van der Waals surface area contributed by atoms with Crippen molar-refractivity contribution in [3.05, 3.63) is 82.6 Å². The molecule has 0 spiro atoms. The topological polar surface area (TPSA) is 0 Å². The molecule has 0 nitrogen and oxygen atoms in total. The zero-order valence-corrected chi connectivity index (χ0v) is 32.2. The summed E-state index contributed by atoms with van der Waals surface area (Å²) in [4.78, 5) is 17.0. The van der Waals surface area contributed by atoms with Crippen LogP contribution >= 0.6 is 68.0 Å².